The largest absolute Gasteiger partial charge is 0.469 e. The van der Waals surface area contributed by atoms with E-state index in [1.165, 1.54) is 7.11 Å². The molecule has 0 aliphatic heterocycles. The maximum atomic E-state index is 11.4. The lowest BCUT2D eigenvalue weighted by molar-refractivity contribution is -0.141. The number of rotatable bonds is 4. The van der Waals surface area contributed by atoms with Crippen molar-refractivity contribution in [2.45, 2.75) is 25.8 Å². The van der Waals surface area contributed by atoms with E-state index in [1.807, 2.05) is 35.8 Å². The first-order valence-corrected chi connectivity index (χ1v) is 6.07. The van der Waals surface area contributed by atoms with Gasteiger partial charge in [-0.1, -0.05) is 12.1 Å². The van der Waals surface area contributed by atoms with Gasteiger partial charge in [0.15, 0.2) is 0 Å². The second-order valence-corrected chi connectivity index (χ2v) is 4.35. The molecular weight excluding hydrogens is 242 g/mol. The number of ether oxygens (including phenoxy) is 1. The van der Waals surface area contributed by atoms with Gasteiger partial charge in [-0.2, -0.15) is 5.26 Å². The Bertz CT molecular complexity index is 640. The van der Waals surface area contributed by atoms with Crippen molar-refractivity contribution in [3.8, 4) is 6.07 Å². The molecule has 1 heterocycles. The van der Waals surface area contributed by atoms with Crippen molar-refractivity contribution in [1.82, 2.24) is 9.55 Å². The van der Waals surface area contributed by atoms with Gasteiger partial charge in [-0.3, -0.25) is 4.79 Å². The Kier molecular flexibility index (Phi) is 3.81. The van der Waals surface area contributed by atoms with Crippen LogP contribution < -0.4 is 0 Å². The smallest absolute Gasteiger partial charge is 0.307 e. The van der Waals surface area contributed by atoms with Crippen LogP contribution in [-0.2, 0) is 16.0 Å². The molecule has 1 atom stereocenters. The number of hydrogen-bond acceptors (Lipinski definition) is 4. The normalized spacial score (nSPS) is 12.1. The number of nitriles is 1. The second kappa shape index (κ2) is 5.53. The summed E-state index contributed by atoms with van der Waals surface area (Å²) in [5.41, 5.74) is 1.77. The van der Waals surface area contributed by atoms with Crippen LogP contribution in [0.2, 0.25) is 0 Å². The molecule has 0 N–H and O–H groups in total. The van der Waals surface area contributed by atoms with E-state index in [-0.39, 0.29) is 24.9 Å². The van der Waals surface area contributed by atoms with E-state index in [1.54, 1.807) is 0 Å². The Morgan fingerprint density at radius 2 is 2.26 bits per heavy atom. The summed E-state index contributed by atoms with van der Waals surface area (Å²) in [7, 11) is 1.37. The minimum Gasteiger partial charge on any atom is -0.469 e. The van der Waals surface area contributed by atoms with Crippen molar-refractivity contribution in [2.75, 3.05) is 7.11 Å². The quantitative estimate of drug-likeness (QED) is 0.788. The fraction of sp³-hybridized carbons (Fsp3) is 0.357. The Hall–Kier alpha value is -2.35. The predicted octanol–water partition coefficient (Wildman–Crippen LogP) is 2.23. The van der Waals surface area contributed by atoms with Gasteiger partial charge in [0.05, 0.1) is 37.1 Å². The standard InChI is InChI=1S/C14H15N3O2/c1-10(9-14(18)19-2)17-12-6-4-3-5-11(12)16-13(17)7-8-15/h3-6,10H,7,9H2,1-2H3. The number of esters is 1. The number of nitrogens with zero attached hydrogens (tertiary/aromatic N) is 3. The molecule has 98 valence electrons. The third kappa shape index (κ3) is 2.58. The summed E-state index contributed by atoms with van der Waals surface area (Å²) < 4.78 is 6.63. The zero-order valence-electron chi connectivity index (χ0n) is 11.0. The van der Waals surface area contributed by atoms with Gasteiger partial charge in [-0.25, -0.2) is 4.98 Å². The summed E-state index contributed by atoms with van der Waals surface area (Å²) in [4.78, 5) is 15.8. The van der Waals surface area contributed by atoms with Crippen LogP contribution in [0.1, 0.15) is 25.2 Å². The summed E-state index contributed by atoms with van der Waals surface area (Å²) >= 11 is 0. The van der Waals surface area contributed by atoms with Crippen LogP contribution >= 0.6 is 0 Å². The number of imidazole rings is 1. The SMILES string of the molecule is COC(=O)CC(C)n1c(CC#N)nc2ccccc21. The Morgan fingerprint density at radius 3 is 2.95 bits per heavy atom. The van der Waals surface area contributed by atoms with E-state index in [9.17, 15) is 4.79 Å². The van der Waals surface area contributed by atoms with Crippen LogP contribution in [0.25, 0.3) is 11.0 Å². The maximum absolute atomic E-state index is 11.4. The van der Waals surface area contributed by atoms with E-state index in [2.05, 4.69) is 11.1 Å². The summed E-state index contributed by atoms with van der Waals surface area (Å²) in [5.74, 6) is 0.410. The first-order chi connectivity index (χ1) is 9.17. The fourth-order valence-corrected chi connectivity index (χ4v) is 2.20. The second-order valence-electron chi connectivity index (χ2n) is 4.35. The van der Waals surface area contributed by atoms with Crippen molar-refractivity contribution < 1.29 is 9.53 Å². The number of benzene rings is 1. The number of aromatic nitrogens is 2. The molecule has 0 saturated carbocycles. The monoisotopic (exact) mass is 257 g/mol. The molecule has 0 radical (unpaired) electrons. The van der Waals surface area contributed by atoms with Crippen molar-refractivity contribution in [2.24, 2.45) is 0 Å². The average Bonchev–Trinajstić information content (AvgIpc) is 2.76. The summed E-state index contributed by atoms with van der Waals surface area (Å²) in [6.07, 6.45) is 0.482. The highest BCUT2D eigenvalue weighted by Gasteiger charge is 2.18. The van der Waals surface area contributed by atoms with Crippen molar-refractivity contribution in [1.29, 1.82) is 5.26 Å². The van der Waals surface area contributed by atoms with E-state index in [4.69, 9.17) is 10.00 Å². The van der Waals surface area contributed by atoms with Gasteiger partial charge in [0, 0.05) is 6.04 Å². The zero-order valence-corrected chi connectivity index (χ0v) is 11.0. The minimum atomic E-state index is -0.270. The molecule has 1 aromatic carbocycles. The van der Waals surface area contributed by atoms with E-state index in [0.717, 1.165) is 11.0 Å². The Labute approximate surface area is 111 Å². The van der Waals surface area contributed by atoms with Gasteiger partial charge in [-0.15, -0.1) is 0 Å². The predicted molar refractivity (Wildman–Crippen MR) is 70.4 cm³/mol. The minimum absolute atomic E-state index is 0.0943. The van der Waals surface area contributed by atoms with Gasteiger partial charge in [0.1, 0.15) is 5.82 Å². The molecule has 1 unspecified atom stereocenters. The molecule has 0 saturated heterocycles. The number of methoxy groups -OCH3 is 1. The van der Waals surface area contributed by atoms with Crippen LogP contribution in [0.15, 0.2) is 24.3 Å². The van der Waals surface area contributed by atoms with Crippen LogP contribution in [0, 0.1) is 11.3 Å². The van der Waals surface area contributed by atoms with E-state index in [0.29, 0.717) is 5.82 Å². The highest BCUT2D eigenvalue weighted by atomic mass is 16.5. The third-order valence-electron chi connectivity index (χ3n) is 3.04. The number of carbonyl (C=O) groups excluding carboxylic acids is 1. The Morgan fingerprint density at radius 1 is 1.53 bits per heavy atom. The lowest BCUT2D eigenvalue weighted by Crippen LogP contribution is -2.14. The summed E-state index contributed by atoms with van der Waals surface area (Å²) in [5, 5.41) is 8.88. The summed E-state index contributed by atoms with van der Waals surface area (Å²) in [6, 6.07) is 9.68. The van der Waals surface area contributed by atoms with Gasteiger partial charge >= 0.3 is 5.97 Å². The topological polar surface area (TPSA) is 67.9 Å². The number of fused-ring (bicyclic) bond motifs is 1. The summed E-state index contributed by atoms with van der Waals surface area (Å²) in [6.45, 7) is 1.92. The molecule has 1 aromatic heterocycles. The van der Waals surface area contributed by atoms with E-state index >= 15 is 0 Å². The molecule has 5 nitrogen and oxygen atoms in total. The molecule has 0 bridgehead atoms. The molecule has 0 aliphatic rings. The lowest BCUT2D eigenvalue weighted by atomic mass is 10.2. The molecule has 2 aromatic rings. The maximum Gasteiger partial charge on any atom is 0.307 e. The van der Waals surface area contributed by atoms with Gasteiger partial charge < -0.3 is 9.30 Å². The van der Waals surface area contributed by atoms with Gasteiger partial charge in [0.25, 0.3) is 0 Å². The molecule has 0 fully saturated rings. The molecule has 0 aliphatic carbocycles. The molecule has 0 spiro atoms. The Balaban J connectivity index is 2.47. The third-order valence-corrected chi connectivity index (χ3v) is 3.04. The van der Waals surface area contributed by atoms with Crippen LogP contribution in [-0.4, -0.2) is 22.6 Å². The fourth-order valence-electron chi connectivity index (χ4n) is 2.20. The average molecular weight is 257 g/mol. The van der Waals surface area contributed by atoms with Gasteiger partial charge in [-0.05, 0) is 19.1 Å². The van der Waals surface area contributed by atoms with Crippen molar-refractivity contribution in [3.05, 3.63) is 30.1 Å². The molecule has 19 heavy (non-hydrogen) atoms. The molecular formula is C14H15N3O2. The molecule has 5 heteroatoms. The van der Waals surface area contributed by atoms with Crippen molar-refractivity contribution >= 4 is 17.0 Å². The molecule has 0 amide bonds. The van der Waals surface area contributed by atoms with Crippen LogP contribution in [0.4, 0.5) is 0 Å². The number of carbonyl (C=O) groups is 1. The number of para-hydroxylation sites is 2. The lowest BCUT2D eigenvalue weighted by Gasteiger charge is -2.15. The zero-order chi connectivity index (χ0) is 13.8. The van der Waals surface area contributed by atoms with Crippen LogP contribution in [0.3, 0.4) is 0 Å². The first kappa shape index (κ1) is 13.1. The highest BCUT2D eigenvalue weighted by molar-refractivity contribution is 5.77. The molecule has 2 rings (SSSR count). The van der Waals surface area contributed by atoms with Crippen LogP contribution in [0.5, 0.6) is 0 Å². The first-order valence-electron chi connectivity index (χ1n) is 6.07. The van der Waals surface area contributed by atoms with Crippen molar-refractivity contribution in [3.63, 3.8) is 0 Å². The van der Waals surface area contributed by atoms with E-state index < -0.39 is 0 Å². The number of hydrogen-bond donors (Lipinski definition) is 0. The highest BCUT2D eigenvalue weighted by Crippen LogP contribution is 2.23. The van der Waals surface area contributed by atoms with Gasteiger partial charge in [0.2, 0.25) is 0 Å².